The molecule has 2 aromatic carbocycles. The van der Waals surface area contributed by atoms with Gasteiger partial charge in [0.1, 0.15) is 5.82 Å². The van der Waals surface area contributed by atoms with Crippen molar-refractivity contribution in [2.75, 3.05) is 5.73 Å². The molecule has 1 atom stereocenters. The molecule has 0 saturated heterocycles. The topological polar surface area (TPSA) is 104 Å². The predicted molar refractivity (Wildman–Crippen MR) is 126 cm³/mol. The molecule has 3 rings (SSSR count). The number of aromatic nitrogens is 1. The molecule has 1 unspecified atom stereocenters. The first-order valence-electron chi connectivity index (χ1n) is 10.5. The van der Waals surface area contributed by atoms with Crippen molar-refractivity contribution in [1.82, 2.24) is 15.6 Å². The van der Waals surface area contributed by atoms with Gasteiger partial charge in [-0.15, -0.1) is 0 Å². The van der Waals surface area contributed by atoms with E-state index in [1.807, 2.05) is 61.5 Å². The summed E-state index contributed by atoms with van der Waals surface area (Å²) in [5.41, 5.74) is 10.5. The fourth-order valence-corrected chi connectivity index (χ4v) is 3.33. The number of nitrogens with zero attached hydrogens (tertiary/aromatic N) is 1. The molecular formula is C25H29N5O. The van der Waals surface area contributed by atoms with E-state index in [0.717, 1.165) is 23.2 Å². The second-order valence-corrected chi connectivity index (χ2v) is 7.67. The van der Waals surface area contributed by atoms with Crippen molar-refractivity contribution in [1.29, 1.82) is 5.41 Å². The van der Waals surface area contributed by atoms with Gasteiger partial charge in [0, 0.05) is 30.3 Å². The van der Waals surface area contributed by atoms with Crippen LogP contribution in [0.3, 0.4) is 0 Å². The van der Waals surface area contributed by atoms with Crippen LogP contribution in [0, 0.1) is 5.41 Å². The Bertz CT molecular complexity index is 1000. The largest absolute Gasteiger partial charge is 0.384 e. The summed E-state index contributed by atoms with van der Waals surface area (Å²) in [5.74, 6) is 0.506. The monoisotopic (exact) mass is 415 g/mol. The van der Waals surface area contributed by atoms with Gasteiger partial charge in [-0.3, -0.25) is 0 Å². The highest BCUT2D eigenvalue weighted by molar-refractivity contribution is 5.83. The molecule has 3 aromatic rings. The number of hydrogen-bond acceptors (Lipinski definition) is 4. The number of benzene rings is 2. The highest BCUT2D eigenvalue weighted by Gasteiger charge is 2.10. The van der Waals surface area contributed by atoms with Crippen molar-refractivity contribution in [3.63, 3.8) is 0 Å². The molecule has 6 heteroatoms. The maximum Gasteiger partial charge on any atom is 0.315 e. The van der Waals surface area contributed by atoms with Gasteiger partial charge >= 0.3 is 6.03 Å². The molecule has 0 fully saturated rings. The normalized spacial score (nSPS) is 11.5. The Morgan fingerprint density at radius 2 is 1.74 bits per heavy atom. The number of amides is 2. The average molecular weight is 416 g/mol. The Hall–Kier alpha value is -3.67. The van der Waals surface area contributed by atoms with Crippen molar-refractivity contribution in [3.05, 3.63) is 83.9 Å². The zero-order valence-electron chi connectivity index (χ0n) is 17.8. The van der Waals surface area contributed by atoms with Crippen LogP contribution >= 0.6 is 0 Å². The summed E-state index contributed by atoms with van der Waals surface area (Å²) in [7, 11) is 0. The average Bonchev–Trinajstić information content (AvgIpc) is 2.77. The number of rotatable bonds is 9. The van der Waals surface area contributed by atoms with E-state index in [0.29, 0.717) is 30.9 Å². The summed E-state index contributed by atoms with van der Waals surface area (Å²) in [6, 6.07) is 23.2. The van der Waals surface area contributed by atoms with E-state index in [9.17, 15) is 4.79 Å². The first-order chi connectivity index (χ1) is 15.0. The second-order valence-electron chi connectivity index (χ2n) is 7.67. The molecule has 6 nitrogen and oxygen atoms in total. The lowest BCUT2D eigenvalue weighted by molar-refractivity contribution is 0.237. The van der Waals surface area contributed by atoms with Crippen molar-refractivity contribution in [2.45, 2.75) is 38.8 Å². The third-order valence-electron chi connectivity index (χ3n) is 4.96. The first-order valence-corrected chi connectivity index (χ1v) is 10.5. The van der Waals surface area contributed by atoms with E-state index in [1.165, 1.54) is 5.56 Å². The molecule has 2 amide bonds. The lowest BCUT2D eigenvalue weighted by Crippen LogP contribution is -2.41. The summed E-state index contributed by atoms with van der Waals surface area (Å²) >= 11 is 0. The minimum absolute atomic E-state index is 0.0970. The van der Waals surface area contributed by atoms with Crippen LogP contribution in [0.1, 0.15) is 30.9 Å². The number of nitrogen functional groups attached to an aromatic ring is 1. The molecule has 0 saturated carbocycles. The molecule has 1 heterocycles. The lowest BCUT2D eigenvalue weighted by Gasteiger charge is -2.15. The van der Waals surface area contributed by atoms with Gasteiger partial charge in [0.25, 0.3) is 0 Å². The van der Waals surface area contributed by atoms with Crippen LogP contribution in [-0.2, 0) is 13.0 Å². The number of anilines is 1. The van der Waals surface area contributed by atoms with Gasteiger partial charge < -0.3 is 21.8 Å². The van der Waals surface area contributed by atoms with Gasteiger partial charge in [-0.05, 0) is 43.0 Å². The van der Waals surface area contributed by atoms with Crippen LogP contribution in [0.5, 0.6) is 0 Å². The summed E-state index contributed by atoms with van der Waals surface area (Å²) in [4.78, 5) is 16.4. The molecule has 160 valence electrons. The maximum atomic E-state index is 12.1. The molecule has 0 aliphatic rings. The minimum atomic E-state index is -0.213. The zero-order chi connectivity index (χ0) is 22.1. The molecule has 0 aliphatic carbocycles. The third kappa shape index (κ3) is 7.26. The van der Waals surface area contributed by atoms with E-state index in [4.69, 9.17) is 11.1 Å². The first kappa shape index (κ1) is 22.0. The standard InChI is InChI=1S/C25H29N5O/c1-18(29-25(31)28-17-20-6-3-2-4-7-20)16-22(26)15-12-19-10-13-21(14-11-19)23-8-5-9-24(27)30-23/h2-11,13-14,18,26H,12,15-17H2,1H3,(H2,27,30)(H2,28,29,31). The molecule has 31 heavy (non-hydrogen) atoms. The summed E-state index contributed by atoms with van der Waals surface area (Å²) < 4.78 is 0. The second kappa shape index (κ2) is 10.9. The maximum absolute atomic E-state index is 12.1. The van der Waals surface area contributed by atoms with Gasteiger partial charge in [0.2, 0.25) is 0 Å². The Balaban J connectivity index is 1.39. The van der Waals surface area contributed by atoms with E-state index >= 15 is 0 Å². The number of carbonyl (C=O) groups excluding carboxylic acids is 1. The van der Waals surface area contributed by atoms with Crippen molar-refractivity contribution >= 4 is 17.6 Å². The number of nitrogens with one attached hydrogen (secondary N) is 3. The lowest BCUT2D eigenvalue weighted by atomic mass is 10.0. The Morgan fingerprint density at radius 1 is 1.00 bits per heavy atom. The number of carbonyl (C=O) groups is 1. The number of hydrogen-bond donors (Lipinski definition) is 4. The number of nitrogens with two attached hydrogens (primary N) is 1. The van der Waals surface area contributed by atoms with Gasteiger partial charge in [-0.25, -0.2) is 9.78 Å². The van der Waals surface area contributed by atoms with Crippen molar-refractivity contribution in [2.24, 2.45) is 0 Å². The molecule has 0 radical (unpaired) electrons. The van der Waals surface area contributed by atoms with Crippen LogP contribution in [-0.4, -0.2) is 22.8 Å². The molecule has 1 aromatic heterocycles. The van der Waals surface area contributed by atoms with Gasteiger partial charge in [0.05, 0.1) is 5.69 Å². The summed E-state index contributed by atoms with van der Waals surface area (Å²) in [6.07, 6.45) is 1.98. The fraction of sp³-hybridized carbons (Fsp3) is 0.240. The van der Waals surface area contributed by atoms with Crippen LogP contribution in [0.25, 0.3) is 11.3 Å². The van der Waals surface area contributed by atoms with E-state index in [2.05, 4.69) is 27.8 Å². The molecule has 0 bridgehead atoms. The Labute approximate surface area is 183 Å². The molecule has 0 aliphatic heterocycles. The quantitative estimate of drug-likeness (QED) is 0.385. The van der Waals surface area contributed by atoms with E-state index in [-0.39, 0.29) is 12.1 Å². The minimum Gasteiger partial charge on any atom is -0.384 e. The Morgan fingerprint density at radius 3 is 2.45 bits per heavy atom. The number of aryl methyl sites for hydroxylation is 1. The SMILES string of the molecule is CC(CC(=N)CCc1ccc(-c2cccc(N)n2)cc1)NC(=O)NCc1ccccc1. The molecule has 0 spiro atoms. The van der Waals surface area contributed by atoms with Crippen molar-refractivity contribution < 1.29 is 4.79 Å². The van der Waals surface area contributed by atoms with Gasteiger partial charge in [-0.2, -0.15) is 0 Å². The zero-order valence-corrected chi connectivity index (χ0v) is 17.8. The number of pyridine rings is 1. The van der Waals surface area contributed by atoms with E-state index < -0.39 is 0 Å². The van der Waals surface area contributed by atoms with Gasteiger partial charge in [0.15, 0.2) is 0 Å². The van der Waals surface area contributed by atoms with Gasteiger partial charge in [-0.1, -0.05) is 60.7 Å². The smallest absolute Gasteiger partial charge is 0.315 e. The molecular weight excluding hydrogens is 386 g/mol. The fourth-order valence-electron chi connectivity index (χ4n) is 3.33. The van der Waals surface area contributed by atoms with Crippen molar-refractivity contribution in [3.8, 4) is 11.3 Å². The van der Waals surface area contributed by atoms with Crippen LogP contribution in [0.4, 0.5) is 10.6 Å². The highest BCUT2D eigenvalue weighted by atomic mass is 16.2. The Kier molecular flexibility index (Phi) is 7.76. The molecule has 5 N–H and O–H groups in total. The third-order valence-corrected chi connectivity index (χ3v) is 4.96. The van der Waals surface area contributed by atoms with E-state index in [1.54, 1.807) is 6.07 Å². The predicted octanol–water partition coefficient (Wildman–Crippen LogP) is 4.56. The number of urea groups is 1. The highest BCUT2D eigenvalue weighted by Crippen LogP contribution is 2.19. The summed E-state index contributed by atoms with van der Waals surface area (Å²) in [6.45, 7) is 2.40. The van der Waals surface area contributed by atoms with Crippen LogP contribution in [0.15, 0.2) is 72.8 Å². The summed E-state index contributed by atoms with van der Waals surface area (Å²) in [5, 5.41) is 14.0. The van der Waals surface area contributed by atoms with Crippen LogP contribution < -0.4 is 16.4 Å². The van der Waals surface area contributed by atoms with Crippen LogP contribution in [0.2, 0.25) is 0 Å².